The highest BCUT2D eigenvalue weighted by Gasteiger charge is 2.35. The second-order valence-electron chi connectivity index (χ2n) is 8.91. The van der Waals surface area contributed by atoms with Crippen molar-refractivity contribution >= 4 is 23.7 Å². The largest absolute Gasteiger partial charge is 0.481 e. The van der Waals surface area contributed by atoms with Gasteiger partial charge in [0.15, 0.2) is 11.5 Å². The van der Waals surface area contributed by atoms with Gasteiger partial charge in [-0.05, 0) is 37.1 Å². The maximum absolute atomic E-state index is 13.8. The lowest BCUT2D eigenvalue weighted by molar-refractivity contribution is -0.148. The molecule has 204 valence electrons. The third-order valence-corrected chi connectivity index (χ3v) is 6.16. The first-order valence-electron chi connectivity index (χ1n) is 12.1. The molecule has 0 spiro atoms. The van der Waals surface area contributed by atoms with Gasteiger partial charge in [-0.15, -0.1) is 0 Å². The molecule has 1 atom stereocenters. The molecule has 10 nitrogen and oxygen atoms in total. The molecule has 3 amide bonds. The van der Waals surface area contributed by atoms with Crippen molar-refractivity contribution in [1.29, 1.82) is 0 Å². The summed E-state index contributed by atoms with van der Waals surface area (Å²) in [7, 11) is 0. The van der Waals surface area contributed by atoms with Gasteiger partial charge in [0.2, 0.25) is 11.8 Å². The van der Waals surface area contributed by atoms with Crippen LogP contribution in [0.25, 0.3) is 17.1 Å². The summed E-state index contributed by atoms with van der Waals surface area (Å²) in [5.41, 5.74) is -1.49. The minimum Gasteiger partial charge on any atom is -0.481 e. The molecule has 1 aliphatic heterocycles. The third-order valence-electron chi connectivity index (χ3n) is 6.16. The number of pyridine rings is 1. The highest BCUT2D eigenvalue weighted by atomic mass is 19.4. The van der Waals surface area contributed by atoms with Crippen LogP contribution >= 0.6 is 0 Å². The van der Waals surface area contributed by atoms with Crippen LogP contribution in [0.3, 0.4) is 0 Å². The first-order valence-corrected chi connectivity index (χ1v) is 12.1. The number of hydrogen-bond acceptors (Lipinski definition) is 6. The van der Waals surface area contributed by atoms with E-state index >= 15 is 0 Å². The van der Waals surface area contributed by atoms with Crippen LogP contribution in [0.5, 0.6) is 0 Å². The smallest absolute Gasteiger partial charge is 0.417 e. The zero-order chi connectivity index (χ0) is 28.2. The fraction of sp³-hybridized carbons (Fsp3) is 0.308. The Morgan fingerprint density at radius 3 is 2.38 bits per heavy atom. The Labute approximate surface area is 220 Å². The van der Waals surface area contributed by atoms with Gasteiger partial charge in [0.25, 0.3) is 5.91 Å². The Morgan fingerprint density at radius 2 is 1.74 bits per heavy atom. The topological polar surface area (TPSA) is 134 Å². The molecule has 1 aliphatic rings. The van der Waals surface area contributed by atoms with Crippen molar-refractivity contribution in [2.45, 2.75) is 44.3 Å². The van der Waals surface area contributed by atoms with Crippen LogP contribution in [0.1, 0.15) is 48.2 Å². The molecule has 13 heteroatoms. The summed E-state index contributed by atoms with van der Waals surface area (Å²) in [5, 5.41) is 16.1. The number of piperidine rings is 1. The second-order valence-corrected chi connectivity index (χ2v) is 8.91. The van der Waals surface area contributed by atoms with Gasteiger partial charge in [-0.1, -0.05) is 24.3 Å². The van der Waals surface area contributed by atoms with Crippen molar-refractivity contribution in [3.8, 4) is 17.1 Å². The van der Waals surface area contributed by atoms with Crippen LogP contribution in [0.4, 0.5) is 13.2 Å². The summed E-state index contributed by atoms with van der Waals surface area (Å²) in [6.45, 7) is -0.0809. The lowest BCUT2D eigenvalue weighted by Crippen LogP contribution is -2.44. The number of aliphatic carboxylic acids is 1. The number of carbonyl (C=O) groups excluding carboxylic acids is 3. The zero-order valence-electron chi connectivity index (χ0n) is 20.5. The average molecular weight is 544 g/mol. The SMILES string of the molecule is O=C(O)C[C@H](CCN1C(=O)CCCC1=O)NC(=O)c1cc(-c2ccccc2C(F)(F)F)n(-c2ccccn2)n1. The number of carboxylic acid groups (broad SMARTS) is 1. The number of imide groups is 1. The molecule has 3 aromatic rings. The van der Waals surface area contributed by atoms with Gasteiger partial charge >= 0.3 is 12.1 Å². The number of aromatic nitrogens is 3. The number of benzene rings is 1. The summed E-state index contributed by atoms with van der Waals surface area (Å²) in [4.78, 5) is 54.0. The van der Waals surface area contributed by atoms with Gasteiger partial charge < -0.3 is 10.4 Å². The van der Waals surface area contributed by atoms with Gasteiger partial charge in [-0.3, -0.25) is 24.1 Å². The maximum Gasteiger partial charge on any atom is 0.417 e. The first-order chi connectivity index (χ1) is 18.5. The van der Waals surface area contributed by atoms with Gasteiger partial charge in [0, 0.05) is 37.2 Å². The molecule has 1 aromatic carbocycles. The minimum absolute atomic E-state index is 0.0275. The van der Waals surface area contributed by atoms with Crippen LogP contribution in [0.2, 0.25) is 0 Å². The number of hydrogen-bond donors (Lipinski definition) is 2. The normalized spacial score (nSPS) is 14.8. The molecule has 4 rings (SSSR count). The van der Waals surface area contributed by atoms with Gasteiger partial charge in [0.05, 0.1) is 17.7 Å². The molecule has 2 aromatic heterocycles. The number of carbonyl (C=O) groups is 4. The lowest BCUT2D eigenvalue weighted by atomic mass is 10.0. The van der Waals surface area contributed by atoms with Crippen molar-refractivity contribution in [3.05, 3.63) is 66.0 Å². The Morgan fingerprint density at radius 1 is 1.05 bits per heavy atom. The van der Waals surface area contributed by atoms with Gasteiger partial charge in [-0.2, -0.15) is 18.3 Å². The third kappa shape index (κ3) is 6.48. The van der Waals surface area contributed by atoms with Crippen molar-refractivity contribution in [2.75, 3.05) is 6.54 Å². The highest BCUT2D eigenvalue weighted by molar-refractivity contribution is 5.97. The molecule has 0 aliphatic carbocycles. The van der Waals surface area contributed by atoms with E-state index in [9.17, 15) is 37.5 Å². The molecule has 39 heavy (non-hydrogen) atoms. The van der Waals surface area contributed by atoms with Crippen molar-refractivity contribution in [1.82, 2.24) is 25.0 Å². The van der Waals surface area contributed by atoms with Crippen LogP contribution in [0.15, 0.2) is 54.7 Å². The van der Waals surface area contributed by atoms with E-state index in [1.807, 2.05) is 0 Å². The van der Waals surface area contributed by atoms with Crippen LogP contribution in [0, 0.1) is 0 Å². The summed E-state index contributed by atoms with van der Waals surface area (Å²) in [6, 6.07) is 9.74. The van der Waals surface area contributed by atoms with Crippen LogP contribution in [-0.4, -0.2) is 61.0 Å². The molecule has 0 radical (unpaired) electrons. The fourth-order valence-corrected chi connectivity index (χ4v) is 4.32. The fourth-order valence-electron chi connectivity index (χ4n) is 4.32. The van der Waals surface area contributed by atoms with Crippen molar-refractivity contribution in [3.63, 3.8) is 0 Å². The number of carboxylic acids is 1. The van der Waals surface area contributed by atoms with E-state index in [4.69, 9.17) is 0 Å². The number of halogens is 3. The molecule has 0 unspecified atom stereocenters. The Hall–Kier alpha value is -4.55. The van der Waals surface area contributed by atoms with E-state index in [2.05, 4.69) is 15.4 Å². The summed E-state index contributed by atoms with van der Waals surface area (Å²) < 4.78 is 42.5. The summed E-state index contributed by atoms with van der Waals surface area (Å²) in [5.74, 6) is -2.64. The molecule has 3 heterocycles. The van der Waals surface area contributed by atoms with E-state index in [1.54, 1.807) is 12.1 Å². The number of nitrogens with zero attached hydrogens (tertiary/aromatic N) is 4. The molecule has 1 fully saturated rings. The predicted molar refractivity (Wildman–Crippen MR) is 130 cm³/mol. The zero-order valence-corrected chi connectivity index (χ0v) is 20.5. The van der Waals surface area contributed by atoms with E-state index in [1.165, 1.54) is 36.5 Å². The molecular formula is C26H24F3N5O5. The molecule has 0 bridgehead atoms. The van der Waals surface area contributed by atoms with Gasteiger partial charge in [0.1, 0.15) is 0 Å². The van der Waals surface area contributed by atoms with E-state index in [-0.39, 0.29) is 60.4 Å². The lowest BCUT2D eigenvalue weighted by Gasteiger charge is -2.26. The number of nitrogens with one attached hydrogen (secondary N) is 1. The first kappa shape index (κ1) is 27.5. The molecule has 0 saturated carbocycles. The number of amides is 3. The quantitative estimate of drug-likeness (QED) is 0.395. The van der Waals surface area contributed by atoms with Crippen LogP contribution < -0.4 is 5.32 Å². The van der Waals surface area contributed by atoms with Crippen molar-refractivity contribution in [2.24, 2.45) is 0 Å². The number of rotatable bonds is 9. The molecule has 2 N–H and O–H groups in total. The highest BCUT2D eigenvalue weighted by Crippen LogP contribution is 2.37. The summed E-state index contributed by atoms with van der Waals surface area (Å²) in [6.07, 6.45) is -2.95. The monoisotopic (exact) mass is 543 g/mol. The van der Waals surface area contributed by atoms with Gasteiger partial charge in [-0.25, -0.2) is 9.67 Å². The Bertz CT molecular complexity index is 1370. The standard InChI is InChI=1S/C26H24F3N5O5/c27-26(28,29)18-7-2-1-6-17(18)20-15-19(32-34(20)21-8-3-4-12-30-21)25(39)31-16(14-24(37)38)11-13-33-22(35)9-5-10-23(33)36/h1-4,6-8,12,15-16H,5,9-11,13-14H2,(H,31,39)(H,37,38)/t16-/m0/s1. The number of alkyl halides is 3. The Balaban J connectivity index is 1.64. The molecule has 1 saturated heterocycles. The van der Waals surface area contributed by atoms with E-state index in [0.29, 0.717) is 6.42 Å². The van der Waals surface area contributed by atoms with Crippen molar-refractivity contribution < 1.29 is 37.5 Å². The van der Waals surface area contributed by atoms with E-state index in [0.717, 1.165) is 15.6 Å². The van der Waals surface area contributed by atoms with E-state index < -0.39 is 36.1 Å². The Kier molecular flexibility index (Phi) is 8.07. The second kappa shape index (κ2) is 11.5. The summed E-state index contributed by atoms with van der Waals surface area (Å²) >= 11 is 0. The number of likely N-dealkylation sites (tertiary alicyclic amines) is 1. The molecular weight excluding hydrogens is 519 g/mol. The maximum atomic E-state index is 13.8. The average Bonchev–Trinajstić information content (AvgIpc) is 3.34. The minimum atomic E-state index is -4.69. The predicted octanol–water partition coefficient (Wildman–Crippen LogP) is 3.46. The van der Waals surface area contributed by atoms with Crippen LogP contribution in [-0.2, 0) is 20.6 Å².